The molecule has 0 bridgehead atoms. The smallest absolute Gasteiger partial charge is 0.189 e. The molecule has 3 N–H and O–H groups in total. The van der Waals surface area contributed by atoms with E-state index in [0.717, 1.165) is 0 Å². The van der Waals surface area contributed by atoms with Gasteiger partial charge in [-0.3, -0.25) is 5.84 Å². The standard InChI is InChI=1S/C8H11FN2O2/c1-12-5-3-6(11-10)8(9)7(4-5)13-2/h3-4,11H,10H2,1-2H3. The van der Waals surface area contributed by atoms with E-state index in [1.807, 2.05) is 0 Å². The van der Waals surface area contributed by atoms with E-state index in [0.29, 0.717) is 5.75 Å². The van der Waals surface area contributed by atoms with Gasteiger partial charge in [0.15, 0.2) is 11.6 Å². The molecule has 4 nitrogen and oxygen atoms in total. The fourth-order valence-electron chi connectivity index (χ4n) is 0.944. The molecule has 0 aromatic heterocycles. The molecule has 1 aromatic rings. The fraction of sp³-hybridized carbons (Fsp3) is 0.250. The van der Waals surface area contributed by atoms with Crippen molar-refractivity contribution >= 4 is 5.69 Å². The number of methoxy groups -OCH3 is 2. The molecular weight excluding hydrogens is 175 g/mol. The maximum absolute atomic E-state index is 13.3. The van der Waals surface area contributed by atoms with Gasteiger partial charge >= 0.3 is 0 Å². The molecule has 0 aliphatic rings. The van der Waals surface area contributed by atoms with Crippen molar-refractivity contribution in [1.29, 1.82) is 0 Å². The number of hydrazine groups is 1. The molecule has 0 atom stereocenters. The molecule has 5 heteroatoms. The lowest BCUT2D eigenvalue weighted by atomic mass is 10.2. The summed E-state index contributed by atoms with van der Waals surface area (Å²) in [5.74, 6) is 5.13. The minimum atomic E-state index is -0.536. The quantitative estimate of drug-likeness (QED) is 0.548. The molecule has 72 valence electrons. The second-order valence-corrected chi connectivity index (χ2v) is 2.34. The summed E-state index contributed by atoms with van der Waals surface area (Å²) in [6.45, 7) is 0. The van der Waals surface area contributed by atoms with Gasteiger partial charge in [0.2, 0.25) is 0 Å². The summed E-state index contributed by atoms with van der Waals surface area (Å²) in [5, 5.41) is 0. The monoisotopic (exact) mass is 186 g/mol. The van der Waals surface area contributed by atoms with Crippen molar-refractivity contribution in [1.82, 2.24) is 0 Å². The molecule has 0 fully saturated rings. The number of ether oxygens (including phenoxy) is 2. The SMILES string of the molecule is COc1cc(NN)c(F)c(OC)c1. The minimum Gasteiger partial charge on any atom is -0.497 e. The highest BCUT2D eigenvalue weighted by molar-refractivity contribution is 5.54. The molecule has 0 heterocycles. The summed E-state index contributed by atoms with van der Waals surface area (Å²) in [4.78, 5) is 0. The number of nitrogens with two attached hydrogens (primary N) is 1. The molecule has 0 spiro atoms. The predicted octanol–water partition coefficient (Wildman–Crippen LogP) is 1.13. The molecule has 0 unspecified atom stereocenters. The van der Waals surface area contributed by atoms with Gasteiger partial charge < -0.3 is 14.9 Å². The van der Waals surface area contributed by atoms with Gasteiger partial charge in [0.25, 0.3) is 0 Å². The Balaban J connectivity index is 3.20. The van der Waals surface area contributed by atoms with E-state index < -0.39 is 5.82 Å². The highest BCUT2D eigenvalue weighted by atomic mass is 19.1. The van der Waals surface area contributed by atoms with E-state index in [4.69, 9.17) is 15.3 Å². The topological polar surface area (TPSA) is 56.5 Å². The first-order chi connectivity index (χ1) is 6.22. The highest BCUT2D eigenvalue weighted by Crippen LogP contribution is 2.29. The fourth-order valence-corrected chi connectivity index (χ4v) is 0.944. The van der Waals surface area contributed by atoms with Crippen LogP contribution in [0, 0.1) is 5.82 Å². The molecule has 1 aromatic carbocycles. The lowest BCUT2D eigenvalue weighted by molar-refractivity contribution is 0.375. The number of nitrogen functional groups attached to an aromatic ring is 1. The first-order valence-electron chi connectivity index (χ1n) is 3.61. The number of rotatable bonds is 3. The Morgan fingerprint density at radius 3 is 2.46 bits per heavy atom. The van der Waals surface area contributed by atoms with E-state index in [1.165, 1.54) is 26.4 Å². The van der Waals surface area contributed by atoms with E-state index in [-0.39, 0.29) is 11.4 Å². The molecule has 0 aliphatic carbocycles. The van der Waals surface area contributed by atoms with Gasteiger partial charge in [0.05, 0.1) is 19.9 Å². The zero-order valence-corrected chi connectivity index (χ0v) is 7.43. The van der Waals surface area contributed by atoms with Crippen LogP contribution in [-0.4, -0.2) is 14.2 Å². The van der Waals surface area contributed by atoms with Gasteiger partial charge in [-0.1, -0.05) is 0 Å². The molecule has 0 saturated carbocycles. The van der Waals surface area contributed by atoms with Crippen LogP contribution in [0.3, 0.4) is 0 Å². The van der Waals surface area contributed by atoms with Crippen molar-refractivity contribution in [2.75, 3.05) is 19.6 Å². The van der Waals surface area contributed by atoms with Crippen LogP contribution in [0.1, 0.15) is 0 Å². The third-order valence-electron chi connectivity index (χ3n) is 1.62. The first-order valence-corrected chi connectivity index (χ1v) is 3.61. The van der Waals surface area contributed by atoms with Gasteiger partial charge in [0, 0.05) is 12.1 Å². The Hall–Kier alpha value is -1.49. The zero-order chi connectivity index (χ0) is 9.84. The van der Waals surface area contributed by atoms with Crippen LogP contribution >= 0.6 is 0 Å². The minimum absolute atomic E-state index is 0.0901. The third kappa shape index (κ3) is 1.81. The Labute approximate surface area is 75.4 Å². The second kappa shape index (κ2) is 3.95. The van der Waals surface area contributed by atoms with Crippen molar-refractivity contribution < 1.29 is 13.9 Å². The maximum atomic E-state index is 13.3. The number of nitrogens with one attached hydrogen (secondary N) is 1. The molecule has 0 saturated heterocycles. The lowest BCUT2D eigenvalue weighted by Gasteiger charge is -2.09. The lowest BCUT2D eigenvalue weighted by Crippen LogP contribution is -2.09. The van der Waals surface area contributed by atoms with Crippen LogP contribution < -0.4 is 20.7 Å². The molecule has 0 radical (unpaired) electrons. The van der Waals surface area contributed by atoms with E-state index in [9.17, 15) is 4.39 Å². The number of benzene rings is 1. The predicted molar refractivity (Wildman–Crippen MR) is 47.3 cm³/mol. The van der Waals surface area contributed by atoms with Crippen molar-refractivity contribution in [2.24, 2.45) is 5.84 Å². The van der Waals surface area contributed by atoms with Crippen LogP contribution in [0.15, 0.2) is 12.1 Å². The van der Waals surface area contributed by atoms with Crippen molar-refractivity contribution in [3.05, 3.63) is 17.9 Å². The molecule has 13 heavy (non-hydrogen) atoms. The number of hydrogen-bond acceptors (Lipinski definition) is 4. The normalized spacial score (nSPS) is 9.54. The van der Waals surface area contributed by atoms with Gasteiger partial charge in [-0.05, 0) is 0 Å². The number of halogens is 1. The summed E-state index contributed by atoms with van der Waals surface area (Å²) >= 11 is 0. The second-order valence-electron chi connectivity index (χ2n) is 2.34. The van der Waals surface area contributed by atoms with E-state index in [2.05, 4.69) is 5.43 Å². The van der Waals surface area contributed by atoms with Crippen LogP contribution in [0.5, 0.6) is 11.5 Å². The Bertz CT molecular complexity index is 279. The Kier molecular flexibility index (Phi) is 2.92. The molecule has 0 amide bonds. The molecule has 0 aliphatic heterocycles. The average molecular weight is 186 g/mol. The number of hydrogen-bond donors (Lipinski definition) is 2. The third-order valence-corrected chi connectivity index (χ3v) is 1.62. The summed E-state index contributed by atoms with van der Waals surface area (Å²) < 4.78 is 23.0. The first kappa shape index (κ1) is 9.60. The Morgan fingerprint density at radius 2 is 2.00 bits per heavy atom. The van der Waals surface area contributed by atoms with Gasteiger partial charge in [-0.15, -0.1) is 0 Å². The number of anilines is 1. The molecular formula is C8H11FN2O2. The van der Waals surface area contributed by atoms with Gasteiger partial charge in [0.1, 0.15) is 5.75 Å². The van der Waals surface area contributed by atoms with Crippen molar-refractivity contribution in [3.8, 4) is 11.5 Å². The highest BCUT2D eigenvalue weighted by Gasteiger charge is 2.10. The zero-order valence-electron chi connectivity index (χ0n) is 7.43. The van der Waals surface area contributed by atoms with Gasteiger partial charge in [-0.2, -0.15) is 0 Å². The summed E-state index contributed by atoms with van der Waals surface area (Å²) in [6, 6.07) is 2.88. The summed E-state index contributed by atoms with van der Waals surface area (Å²) in [5.41, 5.74) is 2.35. The molecule has 1 rings (SSSR count). The van der Waals surface area contributed by atoms with E-state index in [1.54, 1.807) is 0 Å². The maximum Gasteiger partial charge on any atom is 0.189 e. The average Bonchev–Trinajstić information content (AvgIpc) is 2.18. The van der Waals surface area contributed by atoms with Gasteiger partial charge in [-0.25, -0.2) is 4.39 Å². The van der Waals surface area contributed by atoms with Crippen LogP contribution in [0.25, 0.3) is 0 Å². The van der Waals surface area contributed by atoms with Crippen molar-refractivity contribution in [2.45, 2.75) is 0 Å². The summed E-state index contributed by atoms with van der Waals surface area (Å²) in [7, 11) is 2.85. The largest absolute Gasteiger partial charge is 0.497 e. The van der Waals surface area contributed by atoms with Crippen LogP contribution in [0.2, 0.25) is 0 Å². The Morgan fingerprint density at radius 1 is 1.31 bits per heavy atom. The van der Waals surface area contributed by atoms with Crippen molar-refractivity contribution in [3.63, 3.8) is 0 Å². The van der Waals surface area contributed by atoms with Crippen LogP contribution in [-0.2, 0) is 0 Å². The summed E-state index contributed by atoms with van der Waals surface area (Å²) in [6.07, 6.45) is 0. The van der Waals surface area contributed by atoms with E-state index >= 15 is 0 Å². The van der Waals surface area contributed by atoms with Crippen LogP contribution in [0.4, 0.5) is 10.1 Å².